The topological polar surface area (TPSA) is 76.7 Å². The highest BCUT2D eigenvalue weighted by atomic mass is 32.2. The average Bonchev–Trinajstić information content (AvgIpc) is 3.42. The third kappa shape index (κ3) is 3.95. The van der Waals surface area contributed by atoms with Crippen molar-refractivity contribution in [3.8, 4) is 28.5 Å². The van der Waals surface area contributed by atoms with Crippen molar-refractivity contribution < 1.29 is 19.0 Å². The largest absolute Gasteiger partial charge is 0.496 e. The number of aromatic nitrogens is 2. The van der Waals surface area contributed by atoms with Gasteiger partial charge in [0, 0.05) is 29.7 Å². The van der Waals surface area contributed by atoms with Gasteiger partial charge in [0.2, 0.25) is 6.79 Å². The van der Waals surface area contributed by atoms with Crippen LogP contribution in [0.2, 0.25) is 0 Å². The molecule has 1 amide bonds. The third-order valence-electron chi connectivity index (χ3n) is 5.59. The van der Waals surface area contributed by atoms with E-state index in [0.29, 0.717) is 29.7 Å². The molecule has 2 aliphatic heterocycles. The van der Waals surface area contributed by atoms with Crippen molar-refractivity contribution in [3.63, 3.8) is 0 Å². The lowest BCUT2D eigenvalue weighted by Gasteiger charge is -2.19. The second-order valence-electron chi connectivity index (χ2n) is 7.42. The van der Waals surface area contributed by atoms with Crippen LogP contribution in [0.15, 0.2) is 48.5 Å². The van der Waals surface area contributed by atoms with E-state index in [-0.39, 0.29) is 12.7 Å². The van der Waals surface area contributed by atoms with Crippen molar-refractivity contribution in [3.05, 3.63) is 59.8 Å². The molecule has 1 saturated heterocycles. The minimum Gasteiger partial charge on any atom is -0.496 e. The highest BCUT2D eigenvalue weighted by Gasteiger charge is 2.25. The molecule has 1 aromatic heterocycles. The van der Waals surface area contributed by atoms with E-state index in [1.807, 2.05) is 47.0 Å². The molecule has 7 nitrogen and oxygen atoms in total. The molecule has 5 rings (SSSR count). The fraction of sp³-hybridized carbons (Fsp3) is 0.304. The van der Waals surface area contributed by atoms with Crippen LogP contribution in [0.3, 0.4) is 0 Å². The molecule has 0 aliphatic carbocycles. The molecule has 1 unspecified atom stereocenters. The fourth-order valence-corrected chi connectivity index (χ4v) is 5.17. The van der Waals surface area contributed by atoms with Gasteiger partial charge in [-0.2, -0.15) is 16.9 Å². The second-order valence-corrected chi connectivity index (χ2v) is 8.73. The summed E-state index contributed by atoms with van der Waals surface area (Å²) in [5.41, 5.74) is 3.26. The van der Waals surface area contributed by atoms with Crippen LogP contribution in [-0.4, -0.2) is 53.7 Å². The lowest BCUT2D eigenvalue weighted by molar-refractivity contribution is 0.0760. The Labute approximate surface area is 184 Å². The van der Waals surface area contributed by atoms with Gasteiger partial charge in [0.1, 0.15) is 11.4 Å². The summed E-state index contributed by atoms with van der Waals surface area (Å²) < 4.78 is 16.3. The molecule has 3 heterocycles. The first-order valence-electron chi connectivity index (χ1n) is 10.2. The number of carbonyl (C=O) groups excluding carboxylic acids is 1. The zero-order chi connectivity index (χ0) is 21.2. The number of para-hydroxylation sites is 1. The van der Waals surface area contributed by atoms with Crippen LogP contribution in [0.4, 0.5) is 0 Å². The minimum absolute atomic E-state index is 0.0272. The summed E-state index contributed by atoms with van der Waals surface area (Å²) in [6.07, 6.45) is 0.879. The molecule has 3 aromatic rings. The van der Waals surface area contributed by atoms with Crippen molar-refractivity contribution in [2.75, 3.05) is 32.7 Å². The summed E-state index contributed by atoms with van der Waals surface area (Å²) in [4.78, 5) is 15.0. The average molecular weight is 438 g/mol. The number of hydrogen-bond acceptors (Lipinski definition) is 6. The Morgan fingerprint density at radius 3 is 2.94 bits per heavy atom. The maximum atomic E-state index is 13.1. The number of nitrogens with zero attached hydrogens (tertiary/aromatic N) is 2. The first kappa shape index (κ1) is 19.8. The molecule has 2 aliphatic rings. The number of hydrogen-bond donors (Lipinski definition) is 1. The summed E-state index contributed by atoms with van der Waals surface area (Å²) in [5.74, 6) is 3.17. The predicted molar refractivity (Wildman–Crippen MR) is 119 cm³/mol. The Morgan fingerprint density at radius 1 is 1.16 bits per heavy atom. The highest BCUT2D eigenvalue weighted by molar-refractivity contribution is 7.99. The summed E-state index contributed by atoms with van der Waals surface area (Å²) in [6.45, 7) is 1.67. The number of carbonyl (C=O) groups is 1. The van der Waals surface area contributed by atoms with Gasteiger partial charge in [0.05, 0.1) is 12.8 Å². The summed E-state index contributed by atoms with van der Waals surface area (Å²) >= 11 is 1.87. The quantitative estimate of drug-likeness (QED) is 0.661. The molecule has 0 bridgehead atoms. The van der Waals surface area contributed by atoms with E-state index in [1.165, 1.54) is 5.56 Å². The normalized spacial score (nSPS) is 18.0. The Kier molecular flexibility index (Phi) is 5.46. The van der Waals surface area contributed by atoms with E-state index in [4.69, 9.17) is 14.2 Å². The maximum Gasteiger partial charge on any atom is 0.271 e. The molecule has 0 radical (unpaired) electrons. The Morgan fingerprint density at radius 2 is 2.03 bits per heavy atom. The van der Waals surface area contributed by atoms with Gasteiger partial charge in [-0.15, -0.1) is 0 Å². The molecule has 0 saturated carbocycles. The first-order valence-corrected chi connectivity index (χ1v) is 11.3. The molecular formula is C23H23N3O4S. The first-order chi connectivity index (χ1) is 15.2. The maximum absolute atomic E-state index is 13.1. The fourth-order valence-electron chi connectivity index (χ4n) is 3.95. The molecule has 8 heteroatoms. The highest BCUT2D eigenvalue weighted by Crippen LogP contribution is 2.40. The number of aromatic amines is 1. The van der Waals surface area contributed by atoms with Gasteiger partial charge in [-0.3, -0.25) is 9.89 Å². The summed E-state index contributed by atoms with van der Waals surface area (Å²) in [5, 5.41) is 7.57. The van der Waals surface area contributed by atoms with E-state index in [9.17, 15) is 4.79 Å². The van der Waals surface area contributed by atoms with Crippen molar-refractivity contribution >= 4 is 17.7 Å². The van der Waals surface area contributed by atoms with Crippen molar-refractivity contribution in [2.45, 2.75) is 11.7 Å². The number of amides is 1. The van der Waals surface area contributed by atoms with Crippen molar-refractivity contribution in [2.24, 2.45) is 0 Å². The SMILES string of the molecule is COc1ccccc1-c1cc(C(=O)N2CCSC(c3ccc4c(c3)OCO4)CC2)[nH]n1. The third-order valence-corrected chi connectivity index (χ3v) is 6.92. The van der Waals surface area contributed by atoms with Crippen LogP contribution in [0.1, 0.15) is 27.7 Å². The molecule has 1 atom stereocenters. The lowest BCUT2D eigenvalue weighted by Crippen LogP contribution is -2.33. The number of methoxy groups -OCH3 is 1. The van der Waals surface area contributed by atoms with Crippen LogP contribution in [-0.2, 0) is 0 Å². The lowest BCUT2D eigenvalue weighted by atomic mass is 10.1. The smallest absolute Gasteiger partial charge is 0.271 e. The molecule has 2 aromatic carbocycles. The Hall–Kier alpha value is -3.13. The number of benzene rings is 2. The molecule has 1 N–H and O–H groups in total. The van der Waals surface area contributed by atoms with Gasteiger partial charge in [0.25, 0.3) is 5.91 Å². The predicted octanol–water partition coefficient (Wildman–Crippen LogP) is 4.13. The van der Waals surface area contributed by atoms with Gasteiger partial charge < -0.3 is 19.1 Å². The molecule has 0 spiro atoms. The number of fused-ring (bicyclic) bond motifs is 1. The number of rotatable bonds is 4. The van der Waals surface area contributed by atoms with E-state index >= 15 is 0 Å². The van der Waals surface area contributed by atoms with Crippen molar-refractivity contribution in [1.29, 1.82) is 0 Å². The van der Waals surface area contributed by atoms with Crippen LogP contribution in [0, 0.1) is 0 Å². The number of H-pyrrole nitrogens is 1. The van der Waals surface area contributed by atoms with Gasteiger partial charge in [-0.1, -0.05) is 18.2 Å². The molecule has 1 fully saturated rings. The van der Waals surface area contributed by atoms with Crippen LogP contribution in [0.5, 0.6) is 17.2 Å². The van der Waals surface area contributed by atoms with Crippen LogP contribution >= 0.6 is 11.8 Å². The van der Waals surface area contributed by atoms with Gasteiger partial charge in [-0.05, 0) is 42.3 Å². The number of nitrogens with one attached hydrogen (secondary N) is 1. The van der Waals surface area contributed by atoms with Crippen molar-refractivity contribution in [1.82, 2.24) is 15.1 Å². The number of ether oxygens (including phenoxy) is 3. The Bertz CT molecular complexity index is 1100. The summed E-state index contributed by atoms with van der Waals surface area (Å²) in [6, 6.07) is 15.6. The number of thioether (sulfide) groups is 1. The molecular weight excluding hydrogens is 414 g/mol. The van der Waals surface area contributed by atoms with Gasteiger partial charge in [-0.25, -0.2) is 0 Å². The van der Waals surface area contributed by atoms with Crippen LogP contribution in [0.25, 0.3) is 11.3 Å². The Balaban J connectivity index is 1.28. The molecule has 160 valence electrons. The van der Waals surface area contributed by atoms with Gasteiger partial charge >= 0.3 is 0 Å². The van der Waals surface area contributed by atoms with E-state index in [0.717, 1.165) is 35.0 Å². The van der Waals surface area contributed by atoms with Gasteiger partial charge in [0.15, 0.2) is 11.5 Å². The minimum atomic E-state index is -0.0272. The van der Waals surface area contributed by atoms with E-state index in [1.54, 1.807) is 13.2 Å². The van der Waals surface area contributed by atoms with E-state index in [2.05, 4.69) is 22.3 Å². The molecule has 31 heavy (non-hydrogen) atoms. The zero-order valence-electron chi connectivity index (χ0n) is 17.2. The summed E-state index contributed by atoms with van der Waals surface area (Å²) in [7, 11) is 1.63. The van der Waals surface area contributed by atoms with Crippen LogP contribution < -0.4 is 14.2 Å². The monoisotopic (exact) mass is 437 g/mol. The zero-order valence-corrected chi connectivity index (χ0v) is 18.0. The van der Waals surface area contributed by atoms with E-state index < -0.39 is 0 Å². The standard InChI is InChI=1S/C23H23N3O4S/c1-28-19-5-3-2-4-16(19)17-13-18(25-24-17)23(27)26-9-8-22(31-11-10-26)15-6-7-20-21(12-15)30-14-29-20/h2-7,12-13,22H,8-11,14H2,1H3,(H,24,25). The second kappa shape index (κ2) is 8.55.